The van der Waals surface area contributed by atoms with E-state index in [1.165, 1.54) is 11.8 Å². The number of carbonyl (C=O) groups excluding carboxylic acids is 3. The zero-order valence-corrected chi connectivity index (χ0v) is 15.6. The van der Waals surface area contributed by atoms with E-state index in [4.69, 9.17) is 4.74 Å². The Morgan fingerprint density at radius 3 is 2.77 bits per heavy atom. The molecular weight excluding hydrogens is 352 g/mol. The number of nitrogens with one attached hydrogen (secondary N) is 2. The van der Waals surface area contributed by atoms with Crippen molar-refractivity contribution < 1.29 is 19.1 Å². The first kappa shape index (κ1) is 18.8. The Kier molecular flexibility index (Phi) is 6.19. The molecule has 7 heteroatoms. The van der Waals surface area contributed by atoms with Crippen LogP contribution in [0.3, 0.4) is 0 Å². The average molecular weight is 376 g/mol. The predicted octanol–water partition coefficient (Wildman–Crippen LogP) is 2.87. The standard InChI is InChI=1S/C19H24N2O4S/c1-2-14(18(23)20-12-7-3-4-8-12)25-17(22)11-16-19(24)21-13-9-5-6-10-15(13)26-16/h5-6,9-10,12,14,16H,2-4,7-8,11H2,1H3,(H,20,23)(H,21,24). The van der Waals surface area contributed by atoms with Gasteiger partial charge in [-0.2, -0.15) is 0 Å². The van der Waals surface area contributed by atoms with Crippen LogP contribution >= 0.6 is 11.8 Å². The largest absolute Gasteiger partial charge is 0.452 e. The first-order valence-corrected chi connectivity index (χ1v) is 10.0. The molecule has 1 heterocycles. The van der Waals surface area contributed by atoms with E-state index in [-0.39, 0.29) is 24.3 Å². The highest BCUT2D eigenvalue weighted by atomic mass is 32.2. The van der Waals surface area contributed by atoms with Crippen molar-refractivity contribution >= 4 is 35.2 Å². The molecule has 26 heavy (non-hydrogen) atoms. The van der Waals surface area contributed by atoms with Crippen LogP contribution in [-0.4, -0.2) is 35.2 Å². The Bertz CT molecular complexity index is 688. The SMILES string of the molecule is CCC(OC(=O)CC1Sc2ccccc2NC1=O)C(=O)NC1CCCC1. The van der Waals surface area contributed by atoms with Crippen LogP contribution in [0.15, 0.2) is 29.2 Å². The van der Waals surface area contributed by atoms with E-state index in [1.54, 1.807) is 0 Å². The number of hydrogen-bond acceptors (Lipinski definition) is 5. The molecule has 1 aromatic carbocycles. The number of hydrogen-bond donors (Lipinski definition) is 2. The minimum Gasteiger partial charge on any atom is -0.452 e. The summed E-state index contributed by atoms with van der Waals surface area (Å²) in [6, 6.07) is 7.66. The first-order valence-electron chi connectivity index (χ1n) is 9.13. The first-order chi connectivity index (χ1) is 12.6. The third kappa shape index (κ3) is 4.58. The molecule has 140 valence electrons. The summed E-state index contributed by atoms with van der Waals surface area (Å²) < 4.78 is 5.37. The lowest BCUT2D eigenvalue weighted by Crippen LogP contribution is -2.42. The Hall–Kier alpha value is -2.02. The molecule has 2 N–H and O–H groups in total. The van der Waals surface area contributed by atoms with Crippen LogP contribution in [0, 0.1) is 0 Å². The number of para-hydroxylation sites is 1. The molecule has 6 nitrogen and oxygen atoms in total. The highest BCUT2D eigenvalue weighted by Gasteiger charge is 2.31. The van der Waals surface area contributed by atoms with Gasteiger partial charge in [0.2, 0.25) is 5.91 Å². The maximum absolute atomic E-state index is 12.3. The van der Waals surface area contributed by atoms with Crippen LogP contribution in [0.4, 0.5) is 5.69 Å². The molecule has 1 saturated carbocycles. The van der Waals surface area contributed by atoms with Gasteiger partial charge in [0.1, 0.15) is 0 Å². The quantitative estimate of drug-likeness (QED) is 0.746. The molecule has 1 fully saturated rings. The van der Waals surface area contributed by atoms with Crippen LogP contribution < -0.4 is 10.6 Å². The predicted molar refractivity (Wildman–Crippen MR) is 99.9 cm³/mol. The molecule has 1 aliphatic carbocycles. The molecule has 0 radical (unpaired) electrons. The van der Waals surface area contributed by atoms with Crippen LogP contribution in [-0.2, 0) is 19.1 Å². The van der Waals surface area contributed by atoms with Crippen LogP contribution in [0.1, 0.15) is 45.4 Å². The van der Waals surface area contributed by atoms with Gasteiger partial charge in [-0.05, 0) is 31.4 Å². The van der Waals surface area contributed by atoms with Crippen molar-refractivity contribution in [1.82, 2.24) is 5.32 Å². The van der Waals surface area contributed by atoms with E-state index < -0.39 is 17.3 Å². The topological polar surface area (TPSA) is 84.5 Å². The van der Waals surface area contributed by atoms with Crippen molar-refractivity contribution in [2.75, 3.05) is 5.32 Å². The second-order valence-electron chi connectivity index (χ2n) is 6.67. The van der Waals surface area contributed by atoms with Gasteiger partial charge in [0.05, 0.1) is 17.4 Å². The number of esters is 1. The second-order valence-corrected chi connectivity index (χ2v) is 7.92. The van der Waals surface area contributed by atoms with Crippen molar-refractivity contribution in [3.63, 3.8) is 0 Å². The molecular formula is C19H24N2O4S. The van der Waals surface area contributed by atoms with Gasteiger partial charge in [0, 0.05) is 10.9 Å². The average Bonchev–Trinajstić information content (AvgIpc) is 3.13. The highest BCUT2D eigenvalue weighted by Crippen LogP contribution is 2.36. The summed E-state index contributed by atoms with van der Waals surface area (Å²) in [5.41, 5.74) is 0.759. The van der Waals surface area contributed by atoms with Crippen molar-refractivity contribution in [3.05, 3.63) is 24.3 Å². The molecule has 1 aliphatic heterocycles. The van der Waals surface area contributed by atoms with Gasteiger partial charge in [-0.15, -0.1) is 11.8 Å². The van der Waals surface area contributed by atoms with Crippen molar-refractivity contribution in [2.24, 2.45) is 0 Å². The third-order valence-corrected chi connectivity index (χ3v) is 5.97. The summed E-state index contributed by atoms with van der Waals surface area (Å²) in [6.45, 7) is 1.81. The number of anilines is 1. The lowest BCUT2D eigenvalue weighted by molar-refractivity contribution is -0.156. The normalized spacial score (nSPS) is 20.8. The fraction of sp³-hybridized carbons (Fsp3) is 0.526. The lowest BCUT2D eigenvalue weighted by Gasteiger charge is -2.24. The van der Waals surface area contributed by atoms with Gasteiger partial charge in [0.25, 0.3) is 5.91 Å². The van der Waals surface area contributed by atoms with Crippen molar-refractivity contribution in [2.45, 2.75) is 67.7 Å². The van der Waals surface area contributed by atoms with E-state index in [0.717, 1.165) is 36.3 Å². The number of benzene rings is 1. The van der Waals surface area contributed by atoms with Crippen LogP contribution in [0.25, 0.3) is 0 Å². The van der Waals surface area contributed by atoms with Gasteiger partial charge in [0.15, 0.2) is 6.10 Å². The van der Waals surface area contributed by atoms with Crippen molar-refractivity contribution in [1.29, 1.82) is 0 Å². The van der Waals surface area contributed by atoms with E-state index in [9.17, 15) is 14.4 Å². The molecule has 0 spiro atoms. The molecule has 0 saturated heterocycles. The summed E-state index contributed by atoms with van der Waals surface area (Å²) in [5, 5.41) is 5.22. The summed E-state index contributed by atoms with van der Waals surface area (Å²) in [4.78, 5) is 37.7. The molecule has 3 rings (SSSR count). The van der Waals surface area contributed by atoms with Gasteiger partial charge in [-0.3, -0.25) is 14.4 Å². The highest BCUT2D eigenvalue weighted by molar-refractivity contribution is 8.01. The van der Waals surface area contributed by atoms with E-state index >= 15 is 0 Å². The zero-order chi connectivity index (χ0) is 18.5. The Morgan fingerprint density at radius 1 is 1.31 bits per heavy atom. The van der Waals surface area contributed by atoms with Gasteiger partial charge in [-0.1, -0.05) is 31.9 Å². The minimum atomic E-state index is -0.799. The number of carbonyl (C=O) groups is 3. The summed E-state index contributed by atoms with van der Waals surface area (Å²) in [6.07, 6.45) is 3.76. The van der Waals surface area contributed by atoms with Gasteiger partial charge >= 0.3 is 5.97 Å². The maximum Gasteiger partial charge on any atom is 0.308 e. The Labute approximate surface area is 157 Å². The summed E-state index contributed by atoms with van der Waals surface area (Å²) in [5.74, 6) is -0.974. The number of thioether (sulfide) groups is 1. The monoisotopic (exact) mass is 376 g/mol. The summed E-state index contributed by atoms with van der Waals surface area (Å²) in [7, 11) is 0. The molecule has 2 unspecified atom stereocenters. The fourth-order valence-electron chi connectivity index (χ4n) is 3.27. The van der Waals surface area contributed by atoms with Gasteiger partial charge in [-0.25, -0.2) is 0 Å². The molecule has 2 atom stereocenters. The number of rotatable bonds is 6. The zero-order valence-electron chi connectivity index (χ0n) is 14.8. The smallest absolute Gasteiger partial charge is 0.308 e. The number of fused-ring (bicyclic) bond motifs is 1. The lowest BCUT2D eigenvalue weighted by atomic mass is 10.2. The summed E-state index contributed by atoms with van der Waals surface area (Å²) >= 11 is 1.35. The molecule has 0 aromatic heterocycles. The molecule has 2 amide bonds. The van der Waals surface area contributed by atoms with E-state index in [1.807, 2.05) is 31.2 Å². The Balaban J connectivity index is 1.53. The minimum absolute atomic E-state index is 0.0575. The van der Waals surface area contributed by atoms with Crippen molar-refractivity contribution in [3.8, 4) is 0 Å². The molecule has 2 aliphatic rings. The van der Waals surface area contributed by atoms with Gasteiger partial charge < -0.3 is 15.4 Å². The third-order valence-electron chi connectivity index (χ3n) is 4.70. The van der Waals surface area contributed by atoms with E-state index in [0.29, 0.717) is 6.42 Å². The maximum atomic E-state index is 12.3. The van der Waals surface area contributed by atoms with E-state index in [2.05, 4.69) is 10.6 Å². The van der Waals surface area contributed by atoms with Crippen LogP contribution in [0.5, 0.6) is 0 Å². The number of ether oxygens (including phenoxy) is 1. The number of amides is 2. The fourth-order valence-corrected chi connectivity index (χ4v) is 4.37. The van der Waals surface area contributed by atoms with Crippen LogP contribution in [0.2, 0.25) is 0 Å². The Morgan fingerprint density at radius 2 is 2.04 bits per heavy atom. The molecule has 1 aromatic rings. The second kappa shape index (κ2) is 8.58. The molecule has 0 bridgehead atoms.